The Morgan fingerprint density at radius 3 is 2.70 bits per heavy atom. The van der Waals surface area contributed by atoms with Crippen LogP contribution in [0.25, 0.3) is 0 Å². The van der Waals surface area contributed by atoms with E-state index in [1.165, 1.54) is 6.20 Å². The molecule has 0 aromatic carbocycles. The molecular formula is C12H21N5O3. The molecule has 0 aliphatic rings. The average Bonchev–Trinajstić information content (AvgIpc) is 2.44. The number of rotatable bonds is 9. The minimum atomic E-state index is -0.501. The average molecular weight is 283 g/mol. The highest BCUT2D eigenvalue weighted by molar-refractivity contribution is 5.58. The largest absolute Gasteiger partial charge is 0.395 e. The third-order valence-electron chi connectivity index (χ3n) is 2.64. The van der Waals surface area contributed by atoms with Crippen LogP contribution < -0.4 is 10.2 Å². The van der Waals surface area contributed by atoms with E-state index in [0.717, 1.165) is 12.8 Å². The van der Waals surface area contributed by atoms with Crippen molar-refractivity contribution in [2.45, 2.75) is 26.7 Å². The zero-order chi connectivity index (χ0) is 15.0. The summed E-state index contributed by atoms with van der Waals surface area (Å²) in [6.07, 6.45) is 2.92. The first kappa shape index (κ1) is 16.1. The quantitative estimate of drug-likeness (QED) is 0.521. The van der Waals surface area contributed by atoms with Crippen LogP contribution in [-0.4, -0.2) is 46.2 Å². The van der Waals surface area contributed by atoms with Crippen molar-refractivity contribution < 1.29 is 10.0 Å². The Bertz CT molecular complexity index is 435. The Labute approximate surface area is 118 Å². The molecule has 1 heterocycles. The molecule has 8 heteroatoms. The number of anilines is 2. The third kappa shape index (κ3) is 4.30. The highest BCUT2D eigenvalue weighted by Gasteiger charge is 2.22. The highest BCUT2D eigenvalue weighted by Crippen LogP contribution is 2.26. The Balaban J connectivity index is 3.11. The van der Waals surface area contributed by atoms with Gasteiger partial charge < -0.3 is 15.3 Å². The summed E-state index contributed by atoms with van der Waals surface area (Å²) in [5, 5.41) is 23.2. The van der Waals surface area contributed by atoms with Crippen LogP contribution in [0.2, 0.25) is 0 Å². The fourth-order valence-corrected chi connectivity index (χ4v) is 1.76. The fraction of sp³-hybridized carbons (Fsp3) is 0.667. The maximum absolute atomic E-state index is 11.1. The van der Waals surface area contributed by atoms with Gasteiger partial charge in [-0.05, 0) is 12.8 Å². The number of nitro groups is 1. The van der Waals surface area contributed by atoms with Crippen LogP contribution in [0.1, 0.15) is 26.7 Å². The van der Waals surface area contributed by atoms with Crippen molar-refractivity contribution in [2.24, 2.45) is 0 Å². The number of nitrogens with zero attached hydrogens (tertiary/aromatic N) is 4. The van der Waals surface area contributed by atoms with Crippen molar-refractivity contribution in [2.75, 3.05) is 36.5 Å². The van der Waals surface area contributed by atoms with Gasteiger partial charge in [-0.2, -0.15) is 4.98 Å². The van der Waals surface area contributed by atoms with Crippen molar-refractivity contribution >= 4 is 17.5 Å². The molecule has 0 atom stereocenters. The first-order valence-corrected chi connectivity index (χ1v) is 6.75. The molecule has 0 spiro atoms. The van der Waals surface area contributed by atoms with Gasteiger partial charge in [0, 0.05) is 19.6 Å². The normalized spacial score (nSPS) is 10.3. The van der Waals surface area contributed by atoms with Gasteiger partial charge in [0.2, 0.25) is 11.8 Å². The molecule has 0 saturated heterocycles. The van der Waals surface area contributed by atoms with Crippen LogP contribution >= 0.6 is 0 Å². The summed E-state index contributed by atoms with van der Waals surface area (Å²) < 4.78 is 0. The molecule has 112 valence electrons. The van der Waals surface area contributed by atoms with Crippen LogP contribution in [0, 0.1) is 10.1 Å². The summed E-state index contributed by atoms with van der Waals surface area (Å²) in [4.78, 5) is 20.4. The maximum atomic E-state index is 11.1. The summed E-state index contributed by atoms with van der Waals surface area (Å²) in [6.45, 7) is 5.48. The van der Waals surface area contributed by atoms with E-state index < -0.39 is 4.92 Å². The monoisotopic (exact) mass is 283 g/mol. The molecule has 1 rings (SSSR count). The van der Waals surface area contributed by atoms with Crippen molar-refractivity contribution in [3.05, 3.63) is 16.3 Å². The lowest BCUT2D eigenvalue weighted by atomic mass is 10.3. The minimum absolute atomic E-state index is 0.0844. The smallest absolute Gasteiger partial charge is 0.329 e. The number of hydrogen-bond donors (Lipinski definition) is 2. The van der Waals surface area contributed by atoms with Crippen LogP contribution in [-0.2, 0) is 0 Å². The van der Waals surface area contributed by atoms with E-state index in [-0.39, 0.29) is 18.1 Å². The molecule has 1 aromatic heterocycles. The summed E-state index contributed by atoms with van der Waals surface area (Å²) in [6, 6.07) is 0. The standard InChI is InChI=1S/C12H21N5O3/c1-3-5-13-12-14-9-10(17(19)20)11(15-12)16(6-4-2)7-8-18/h9,18H,3-8H2,1-2H3,(H,13,14,15). The van der Waals surface area contributed by atoms with E-state index in [1.807, 2.05) is 13.8 Å². The second-order valence-corrected chi connectivity index (χ2v) is 4.30. The van der Waals surface area contributed by atoms with E-state index in [0.29, 0.717) is 25.6 Å². The Morgan fingerprint density at radius 1 is 1.40 bits per heavy atom. The Kier molecular flexibility index (Phi) is 6.65. The molecule has 20 heavy (non-hydrogen) atoms. The van der Waals surface area contributed by atoms with E-state index >= 15 is 0 Å². The molecule has 8 nitrogen and oxygen atoms in total. The molecule has 0 unspecified atom stereocenters. The number of nitrogens with one attached hydrogen (secondary N) is 1. The van der Waals surface area contributed by atoms with Gasteiger partial charge in [0.15, 0.2) is 0 Å². The Hall–Kier alpha value is -1.96. The van der Waals surface area contributed by atoms with Crippen LogP contribution in [0.3, 0.4) is 0 Å². The second kappa shape index (κ2) is 8.26. The summed E-state index contributed by atoms with van der Waals surface area (Å²) >= 11 is 0. The first-order chi connectivity index (χ1) is 9.63. The topological polar surface area (TPSA) is 104 Å². The van der Waals surface area contributed by atoms with Gasteiger partial charge in [-0.1, -0.05) is 13.8 Å². The number of aliphatic hydroxyl groups excluding tert-OH is 1. The van der Waals surface area contributed by atoms with Gasteiger partial charge in [0.1, 0.15) is 6.20 Å². The summed E-state index contributed by atoms with van der Waals surface area (Å²) in [7, 11) is 0. The lowest BCUT2D eigenvalue weighted by molar-refractivity contribution is -0.384. The molecule has 0 aliphatic heterocycles. The van der Waals surface area contributed by atoms with E-state index in [9.17, 15) is 10.1 Å². The van der Waals surface area contributed by atoms with E-state index in [2.05, 4.69) is 15.3 Å². The molecule has 0 fully saturated rings. The van der Waals surface area contributed by atoms with E-state index in [4.69, 9.17) is 5.11 Å². The second-order valence-electron chi connectivity index (χ2n) is 4.30. The first-order valence-electron chi connectivity index (χ1n) is 6.75. The zero-order valence-corrected chi connectivity index (χ0v) is 11.9. The fourth-order valence-electron chi connectivity index (χ4n) is 1.76. The lowest BCUT2D eigenvalue weighted by Crippen LogP contribution is -2.29. The molecule has 2 N–H and O–H groups in total. The lowest BCUT2D eigenvalue weighted by Gasteiger charge is -2.22. The maximum Gasteiger partial charge on any atom is 0.329 e. The third-order valence-corrected chi connectivity index (χ3v) is 2.64. The van der Waals surface area contributed by atoms with Crippen molar-refractivity contribution in [1.82, 2.24) is 9.97 Å². The van der Waals surface area contributed by atoms with Crippen LogP contribution in [0.5, 0.6) is 0 Å². The minimum Gasteiger partial charge on any atom is -0.395 e. The van der Waals surface area contributed by atoms with E-state index in [1.54, 1.807) is 4.90 Å². The number of hydrogen-bond acceptors (Lipinski definition) is 7. The van der Waals surface area contributed by atoms with Crippen molar-refractivity contribution in [1.29, 1.82) is 0 Å². The Morgan fingerprint density at radius 2 is 2.15 bits per heavy atom. The predicted molar refractivity (Wildman–Crippen MR) is 77.1 cm³/mol. The van der Waals surface area contributed by atoms with Gasteiger partial charge in [-0.3, -0.25) is 10.1 Å². The molecule has 0 aliphatic carbocycles. The van der Waals surface area contributed by atoms with Crippen LogP contribution in [0.4, 0.5) is 17.5 Å². The molecular weight excluding hydrogens is 262 g/mol. The van der Waals surface area contributed by atoms with Gasteiger partial charge in [0.05, 0.1) is 11.5 Å². The molecule has 0 radical (unpaired) electrons. The molecule has 0 saturated carbocycles. The predicted octanol–water partition coefficient (Wildman–Crippen LogP) is 1.42. The summed E-state index contributed by atoms with van der Waals surface area (Å²) in [5.74, 6) is 0.617. The zero-order valence-electron chi connectivity index (χ0n) is 11.9. The highest BCUT2D eigenvalue weighted by atomic mass is 16.6. The van der Waals surface area contributed by atoms with Crippen molar-refractivity contribution in [3.63, 3.8) is 0 Å². The number of aromatic nitrogens is 2. The van der Waals surface area contributed by atoms with Gasteiger partial charge in [-0.25, -0.2) is 4.98 Å². The van der Waals surface area contributed by atoms with Crippen LogP contribution in [0.15, 0.2) is 6.20 Å². The molecule has 1 aromatic rings. The summed E-state index contributed by atoms with van der Waals surface area (Å²) in [5.41, 5.74) is -0.144. The molecule has 0 bridgehead atoms. The van der Waals surface area contributed by atoms with Gasteiger partial charge >= 0.3 is 5.69 Å². The van der Waals surface area contributed by atoms with Gasteiger partial charge in [-0.15, -0.1) is 0 Å². The van der Waals surface area contributed by atoms with Crippen molar-refractivity contribution in [3.8, 4) is 0 Å². The number of aliphatic hydroxyl groups is 1. The molecule has 0 amide bonds. The SMILES string of the molecule is CCCNc1ncc([N+](=O)[O-])c(N(CCC)CCO)n1. The van der Waals surface area contributed by atoms with Gasteiger partial charge in [0.25, 0.3) is 0 Å².